The molecule has 1 atom stereocenters. The molecule has 3 aromatic rings. The lowest BCUT2D eigenvalue weighted by atomic mass is 10.2. The van der Waals surface area contributed by atoms with E-state index in [1.165, 1.54) is 11.8 Å². The van der Waals surface area contributed by atoms with Gasteiger partial charge in [-0.05, 0) is 50.6 Å². The molecule has 0 fully saturated rings. The average Bonchev–Trinajstić information content (AvgIpc) is 2.69. The van der Waals surface area contributed by atoms with E-state index in [9.17, 15) is 4.79 Å². The highest BCUT2D eigenvalue weighted by atomic mass is 32.2. The van der Waals surface area contributed by atoms with E-state index in [2.05, 4.69) is 22.1 Å². The van der Waals surface area contributed by atoms with Crippen molar-refractivity contribution in [3.05, 3.63) is 66.0 Å². The SMILES string of the molecule is CC[C@H](Sc1nc(C)cc(C)n1)C(=O)N1c2ccccc2Sc2ccccc21. The monoisotopic (exact) mass is 407 g/mol. The van der Waals surface area contributed by atoms with Gasteiger partial charge in [0.05, 0.1) is 16.6 Å². The fourth-order valence-electron chi connectivity index (χ4n) is 3.27. The molecule has 1 aromatic heterocycles. The minimum absolute atomic E-state index is 0.0652. The van der Waals surface area contributed by atoms with Crippen molar-refractivity contribution in [2.45, 2.75) is 47.4 Å². The molecule has 142 valence electrons. The van der Waals surface area contributed by atoms with E-state index in [-0.39, 0.29) is 11.2 Å². The molecule has 6 heteroatoms. The number of fused-ring (bicyclic) bond motifs is 2. The number of aryl methyl sites for hydroxylation is 2. The van der Waals surface area contributed by atoms with Gasteiger partial charge >= 0.3 is 0 Å². The molecule has 1 aliphatic rings. The van der Waals surface area contributed by atoms with Crippen LogP contribution in [0.4, 0.5) is 11.4 Å². The molecule has 4 nitrogen and oxygen atoms in total. The van der Waals surface area contributed by atoms with Gasteiger partial charge in [-0.15, -0.1) is 0 Å². The smallest absolute Gasteiger partial charge is 0.245 e. The van der Waals surface area contributed by atoms with E-state index in [0.717, 1.165) is 32.6 Å². The maximum Gasteiger partial charge on any atom is 0.245 e. The van der Waals surface area contributed by atoms with Crippen molar-refractivity contribution >= 4 is 40.8 Å². The molecule has 0 N–H and O–H groups in total. The lowest BCUT2D eigenvalue weighted by Crippen LogP contribution is -2.35. The Kier molecular flexibility index (Phi) is 5.42. The maximum absolute atomic E-state index is 13.7. The Balaban J connectivity index is 1.72. The van der Waals surface area contributed by atoms with Crippen LogP contribution in [0, 0.1) is 13.8 Å². The molecule has 1 amide bonds. The minimum Gasteiger partial charge on any atom is -0.278 e. The summed E-state index contributed by atoms with van der Waals surface area (Å²) in [6, 6.07) is 18.1. The van der Waals surface area contributed by atoms with Crippen molar-refractivity contribution in [1.29, 1.82) is 0 Å². The third-order valence-electron chi connectivity index (χ3n) is 4.51. The Morgan fingerprint density at radius 3 is 2.07 bits per heavy atom. The number of hydrogen-bond donors (Lipinski definition) is 0. The number of rotatable bonds is 4. The molecule has 0 saturated heterocycles. The zero-order valence-corrected chi connectivity index (χ0v) is 17.7. The molecule has 0 radical (unpaired) electrons. The maximum atomic E-state index is 13.7. The number of anilines is 2. The summed E-state index contributed by atoms with van der Waals surface area (Å²) in [5.74, 6) is 0.0652. The van der Waals surface area contributed by atoms with Crippen LogP contribution in [0.2, 0.25) is 0 Å². The number of para-hydroxylation sites is 2. The molecule has 0 spiro atoms. The van der Waals surface area contributed by atoms with Gasteiger partial charge in [0.15, 0.2) is 5.16 Å². The first-order valence-electron chi connectivity index (χ1n) is 9.25. The van der Waals surface area contributed by atoms with Crippen molar-refractivity contribution in [3.8, 4) is 0 Å². The van der Waals surface area contributed by atoms with E-state index in [4.69, 9.17) is 0 Å². The third kappa shape index (κ3) is 3.66. The third-order valence-corrected chi connectivity index (χ3v) is 6.85. The van der Waals surface area contributed by atoms with Crippen molar-refractivity contribution < 1.29 is 4.79 Å². The first-order chi connectivity index (χ1) is 13.6. The molecular formula is C22H21N3OS2. The molecule has 0 unspecified atom stereocenters. The van der Waals surface area contributed by atoms with E-state index in [1.54, 1.807) is 11.8 Å². The molecule has 4 rings (SSSR count). The molecule has 2 aromatic carbocycles. The van der Waals surface area contributed by atoms with Gasteiger partial charge in [-0.25, -0.2) is 9.97 Å². The highest BCUT2D eigenvalue weighted by molar-refractivity contribution is 8.00. The number of thioether (sulfide) groups is 1. The van der Waals surface area contributed by atoms with Crippen molar-refractivity contribution in [3.63, 3.8) is 0 Å². The number of nitrogens with zero attached hydrogens (tertiary/aromatic N) is 3. The normalized spacial score (nSPS) is 13.6. The van der Waals surface area contributed by atoms with Gasteiger partial charge in [-0.1, -0.05) is 54.7 Å². The molecular weight excluding hydrogens is 386 g/mol. The van der Waals surface area contributed by atoms with E-state index < -0.39 is 0 Å². The summed E-state index contributed by atoms with van der Waals surface area (Å²) in [5.41, 5.74) is 3.72. The fraction of sp³-hybridized carbons (Fsp3) is 0.227. The van der Waals surface area contributed by atoms with Gasteiger partial charge in [-0.3, -0.25) is 9.69 Å². The minimum atomic E-state index is -0.259. The van der Waals surface area contributed by atoms with Gasteiger partial charge in [0.1, 0.15) is 0 Å². The number of amides is 1. The quantitative estimate of drug-likeness (QED) is 0.404. The molecule has 1 aliphatic heterocycles. The lowest BCUT2D eigenvalue weighted by Gasteiger charge is -2.33. The lowest BCUT2D eigenvalue weighted by molar-refractivity contribution is -0.117. The van der Waals surface area contributed by atoms with Crippen LogP contribution in [0.25, 0.3) is 0 Å². The van der Waals surface area contributed by atoms with E-state index in [0.29, 0.717) is 11.6 Å². The summed E-state index contributed by atoms with van der Waals surface area (Å²) in [6.45, 7) is 5.94. The van der Waals surface area contributed by atoms with Crippen LogP contribution in [-0.4, -0.2) is 21.1 Å². The number of hydrogen-bond acceptors (Lipinski definition) is 5. The van der Waals surface area contributed by atoms with Crippen LogP contribution in [-0.2, 0) is 4.79 Å². The predicted molar refractivity (Wildman–Crippen MR) is 116 cm³/mol. The summed E-state index contributed by atoms with van der Waals surface area (Å²) in [6.07, 6.45) is 0.702. The van der Waals surface area contributed by atoms with Crippen LogP contribution in [0.3, 0.4) is 0 Å². The van der Waals surface area contributed by atoms with Crippen LogP contribution < -0.4 is 4.90 Å². The summed E-state index contributed by atoms with van der Waals surface area (Å²) >= 11 is 3.15. The summed E-state index contributed by atoms with van der Waals surface area (Å²) in [7, 11) is 0. The molecule has 0 aliphatic carbocycles. The first-order valence-corrected chi connectivity index (χ1v) is 10.9. The first kappa shape index (κ1) is 19.0. The molecule has 2 heterocycles. The van der Waals surface area contributed by atoms with Gasteiger partial charge in [0, 0.05) is 21.2 Å². The standard InChI is InChI=1S/C22H21N3OS2/c1-4-18(28-22-23-14(2)13-15(3)24-22)21(26)25-16-9-5-7-11-19(16)27-20-12-8-6-10-17(20)25/h5-13,18H,4H2,1-3H3/t18-/m0/s1. The number of carbonyl (C=O) groups excluding carboxylic acids is 1. The summed E-state index contributed by atoms with van der Waals surface area (Å²) in [4.78, 5) is 26.8. The largest absolute Gasteiger partial charge is 0.278 e. The second-order valence-corrected chi connectivity index (χ2v) is 8.91. The fourth-order valence-corrected chi connectivity index (χ4v) is 5.35. The Morgan fingerprint density at radius 2 is 1.54 bits per heavy atom. The number of carbonyl (C=O) groups is 1. The van der Waals surface area contributed by atoms with Gasteiger partial charge in [-0.2, -0.15) is 0 Å². The summed E-state index contributed by atoms with van der Waals surface area (Å²) in [5, 5.41) is 0.399. The van der Waals surface area contributed by atoms with Gasteiger partial charge in [0.25, 0.3) is 0 Å². The predicted octanol–water partition coefficient (Wildman–Crippen LogP) is 5.79. The van der Waals surface area contributed by atoms with Gasteiger partial charge in [0.2, 0.25) is 5.91 Å². The van der Waals surface area contributed by atoms with E-state index in [1.807, 2.05) is 68.1 Å². The van der Waals surface area contributed by atoms with E-state index >= 15 is 0 Å². The number of aromatic nitrogens is 2. The zero-order valence-electron chi connectivity index (χ0n) is 16.0. The van der Waals surface area contributed by atoms with Gasteiger partial charge < -0.3 is 0 Å². The second kappa shape index (κ2) is 7.97. The molecule has 28 heavy (non-hydrogen) atoms. The van der Waals surface area contributed by atoms with Crippen LogP contribution in [0.15, 0.2) is 69.5 Å². The molecule has 0 bridgehead atoms. The highest BCUT2D eigenvalue weighted by Crippen LogP contribution is 2.48. The Labute approximate surface area is 173 Å². The van der Waals surface area contributed by atoms with Crippen molar-refractivity contribution in [1.82, 2.24) is 9.97 Å². The van der Waals surface area contributed by atoms with Crippen molar-refractivity contribution in [2.24, 2.45) is 0 Å². The molecule has 0 saturated carbocycles. The Morgan fingerprint density at radius 1 is 1.00 bits per heavy atom. The Bertz CT molecular complexity index is 972. The van der Waals surface area contributed by atoms with Crippen LogP contribution in [0.5, 0.6) is 0 Å². The summed E-state index contributed by atoms with van der Waals surface area (Å²) < 4.78 is 0. The Hall–Kier alpha value is -2.31. The number of benzene rings is 2. The topological polar surface area (TPSA) is 46.1 Å². The average molecular weight is 408 g/mol. The second-order valence-electron chi connectivity index (χ2n) is 6.66. The van der Waals surface area contributed by atoms with Crippen LogP contribution >= 0.6 is 23.5 Å². The highest BCUT2D eigenvalue weighted by Gasteiger charge is 2.32. The van der Waals surface area contributed by atoms with Crippen LogP contribution in [0.1, 0.15) is 24.7 Å². The van der Waals surface area contributed by atoms with Crippen molar-refractivity contribution in [2.75, 3.05) is 4.90 Å². The zero-order chi connectivity index (χ0) is 19.7.